The zero-order valence-corrected chi connectivity index (χ0v) is 11.9. The van der Waals surface area contributed by atoms with Gasteiger partial charge in [0.05, 0.1) is 5.92 Å². The average Bonchev–Trinajstić information content (AvgIpc) is 2.75. The van der Waals surface area contributed by atoms with Gasteiger partial charge in [0, 0.05) is 10.5 Å². The maximum absolute atomic E-state index is 13.6. The van der Waals surface area contributed by atoms with E-state index in [0.29, 0.717) is 19.3 Å². The van der Waals surface area contributed by atoms with Gasteiger partial charge >= 0.3 is 5.97 Å². The molecule has 108 valence electrons. The fourth-order valence-electron chi connectivity index (χ4n) is 2.43. The first kappa shape index (κ1) is 14.9. The highest BCUT2D eigenvalue weighted by Crippen LogP contribution is 2.27. The Bertz CT molecular complexity index is 542. The summed E-state index contributed by atoms with van der Waals surface area (Å²) in [6.07, 6.45) is 1.60. The number of benzene rings is 1. The summed E-state index contributed by atoms with van der Waals surface area (Å²) in [4.78, 5) is 22.9. The molecule has 1 fully saturated rings. The molecule has 2 N–H and O–H groups in total. The molecule has 2 rings (SSSR count). The van der Waals surface area contributed by atoms with E-state index in [2.05, 4.69) is 21.2 Å². The zero-order valence-electron chi connectivity index (χ0n) is 10.3. The van der Waals surface area contributed by atoms with Crippen LogP contribution in [-0.2, 0) is 4.79 Å². The predicted molar refractivity (Wildman–Crippen MR) is 70.3 cm³/mol. The van der Waals surface area contributed by atoms with Crippen LogP contribution in [0.1, 0.15) is 29.6 Å². The van der Waals surface area contributed by atoms with Crippen LogP contribution in [0.4, 0.5) is 8.78 Å². The van der Waals surface area contributed by atoms with Crippen LogP contribution >= 0.6 is 15.9 Å². The van der Waals surface area contributed by atoms with Crippen molar-refractivity contribution >= 4 is 27.8 Å². The van der Waals surface area contributed by atoms with E-state index in [0.717, 1.165) is 12.1 Å². The first-order valence-corrected chi connectivity index (χ1v) is 6.87. The molecule has 0 aliphatic heterocycles. The lowest BCUT2D eigenvalue weighted by molar-refractivity contribution is -0.142. The number of hydrogen-bond donors (Lipinski definition) is 2. The van der Waals surface area contributed by atoms with E-state index in [1.165, 1.54) is 0 Å². The summed E-state index contributed by atoms with van der Waals surface area (Å²) in [5.74, 6) is -4.62. The number of carboxylic acids is 1. The molecule has 0 heterocycles. The molecule has 7 heteroatoms. The molecule has 1 aromatic rings. The molecule has 0 bridgehead atoms. The standard InChI is InChI=1S/C13H12BrF2NO3/c14-6-4-8(15)11(9(16)5-6)12(18)17-10-3-1-2-7(10)13(19)20/h4-5,7,10H,1-3H2,(H,17,18)(H,19,20). The third kappa shape index (κ3) is 2.98. The number of carbonyl (C=O) groups excluding carboxylic acids is 1. The van der Waals surface area contributed by atoms with Crippen molar-refractivity contribution in [2.24, 2.45) is 5.92 Å². The molecule has 1 aromatic carbocycles. The topological polar surface area (TPSA) is 66.4 Å². The Morgan fingerprint density at radius 2 is 1.85 bits per heavy atom. The molecule has 0 radical (unpaired) electrons. The maximum Gasteiger partial charge on any atom is 0.308 e. The van der Waals surface area contributed by atoms with Crippen LogP contribution in [0, 0.1) is 17.6 Å². The quantitative estimate of drug-likeness (QED) is 0.883. The molecule has 4 nitrogen and oxygen atoms in total. The molecule has 0 saturated heterocycles. The molecule has 1 saturated carbocycles. The van der Waals surface area contributed by atoms with Gasteiger partial charge in [0.2, 0.25) is 0 Å². The molecule has 1 aliphatic carbocycles. The van der Waals surface area contributed by atoms with E-state index >= 15 is 0 Å². The normalized spacial score (nSPS) is 21.8. The highest BCUT2D eigenvalue weighted by Gasteiger charge is 2.34. The van der Waals surface area contributed by atoms with Crippen LogP contribution in [0.5, 0.6) is 0 Å². The van der Waals surface area contributed by atoms with Gasteiger partial charge in [0.25, 0.3) is 5.91 Å². The largest absolute Gasteiger partial charge is 0.481 e. The van der Waals surface area contributed by atoms with Gasteiger partial charge < -0.3 is 10.4 Å². The van der Waals surface area contributed by atoms with E-state index in [-0.39, 0.29) is 4.47 Å². The Morgan fingerprint density at radius 1 is 1.25 bits per heavy atom. The van der Waals surface area contributed by atoms with E-state index in [4.69, 9.17) is 5.11 Å². The summed E-state index contributed by atoms with van der Waals surface area (Å²) in [7, 11) is 0. The van der Waals surface area contributed by atoms with Crippen LogP contribution in [-0.4, -0.2) is 23.0 Å². The number of carboxylic acid groups (broad SMARTS) is 1. The second-order valence-corrected chi connectivity index (χ2v) is 5.62. The SMILES string of the molecule is O=C(NC1CCCC1C(=O)O)c1c(F)cc(Br)cc1F. The van der Waals surface area contributed by atoms with E-state index in [1.807, 2.05) is 0 Å². The lowest BCUT2D eigenvalue weighted by Crippen LogP contribution is -2.40. The third-order valence-corrected chi connectivity index (χ3v) is 3.84. The fourth-order valence-corrected chi connectivity index (χ4v) is 2.83. The number of aliphatic carboxylic acids is 1. The van der Waals surface area contributed by atoms with Gasteiger partial charge in [0.1, 0.15) is 17.2 Å². The lowest BCUT2D eigenvalue weighted by Gasteiger charge is -2.18. The molecular formula is C13H12BrF2NO3. The second-order valence-electron chi connectivity index (χ2n) is 4.70. The van der Waals surface area contributed by atoms with Crippen LogP contribution in [0.25, 0.3) is 0 Å². The monoisotopic (exact) mass is 347 g/mol. The minimum Gasteiger partial charge on any atom is -0.481 e. The van der Waals surface area contributed by atoms with Crippen molar-refractivity contribution in [2.45, 2.75) is 25.3 Å². The Labute approximate surface area is 122 Å². The third-order valence-electron chi connectivity index (χ3n) is 3.38. The number of halogens is 3. The number of nitrogens with one attached hydrogen (secondary N) is 1. The summed E-state index contributed by atoms with van der Waals surface area (Å²) in [6, 6.07) is 1.38. The van der Waals surface area contributed by atoms with Crippen LogP contribution in [0.15, 0.2) is 16.6 Å². The summed E-state index contributed by atoms with van der Waals surface area (Å²) in [6.45, 7) is 0. The summed E-state index contributed by atoms with van der Waals surface area (Å²) in [5, 5.41) is 11.4. The van der Waals surface area contributed by atoms with Crippen molar-refractivity contribution in [2.75, 3.05) is 0 Å². The van der Waals surface area contributed by atoms with Crippen molar-refractivity contribution in [1.82, 2.24) is 5.32 Å². The fraction of sp³-hybridized carbons (Fsp3) is 0.385. The highest BCUT2D eigenvalue weighted by atomic mass is 79.9. The molecule has 0 spiro atoms. The predicted octanol–water partition coefficient (Wildman–Crippen LogP) is 2.71. The average molecular weight is 348 g/mol. The first-order chi connectivity index (χ1) is 9.40. The number of hydrogen-bond acceptors (Lipinski definition) is 2. The Morgan fingerprint density at radius 3 is 2.40 bits per heavy atom. The smallest absolute Gasteiger partial charge is 0.308 e. The Balaban J connectivity index is 2.19. The molecule has 20 heavy (non-hydrogen) atoms. The molecular weight excluding hydrogens is 336 g/mol. The second kappa shape index (κ2) is 5.87. The van der Waals surface area contributed by atoms with Gasteiger partial charge in [-0.3, -0.25) is 9.59 Å². The van der Waals surface area contributed by atoms with Gasteiger partial charge in [-0.25, -0.2) is 8.78 Å². The lowest BCUT2D eigenvalue weighted by atomic mass is 10.0. The van der Waals surface area contributed by atoms with E-state index in [9.17, 15) is 18.4 Å². The maximum atomic E-state index is 13.6. The van der Waals surface area contributed by atoms with Gasteiger partial charge in [-0.05, 0) is 25.0 Å². The molecule has 1 aliphatic rings. The van der Waals surface area contributed by atoms with Crippen molar-refractivity contribution < 1.29 is 23.5 Å². The van der Waals surface area contributed by atoms with Gasteiger partial charge in [-0.1, -0.05) is 22.4 Å². The van der Waals surface area contributed by atoms with E-state index < -0.39 is 41.0 Å². The molecule has 2 unspecified atom stereocenters. The minimum absolute atomic E-state index is 0.188. The van der Waals surface area contributed by atoms with Crippen molar-refractivity contribution in [3.05, 3.63) is 33.8 Å². The van der Waals surface area contributed by atoms with Crippen LogP contribution in [0.3, 0.4) is 0 Å². The van der Waals surface area contributed by atoms with Crippen LogP contribution in [0.2, 0.25) is 0 Å². The number of carbonyl (C=O) groups is 2. The van der Waals surface area contributed by atoms with Crippen LogP contribution < -0.4 is 5.32 Å². The molecule has 1 amide bonds. The van der Waals surface area contributed by atoms with Gasteiger partial charge in [0.15, 0.2) is 0 Å². The summed E-state index contributed by atoms with van der Waals surface area (Å²) in [5.41, 5.74) is -0.691. The molecule has 2 atom stereocenters. The first-order valence-electron chi connectivity index (χ1n) is 6.08. The van der Waals surface area contributed by atoms with Crippen molar-refractivity contribution in [3.63, 3.8) is 0 Å². The van der Waals surface area contributed by atoms with Crippen molar-refractivity contribution in [1.29, 1.82) is 0 Å². The van der Waals surface area contributed by atoms with Gasteiger partial charge in [-0.2, -0.15) is 0 Å². The summed E-state index contributed by atoms with van der Waals surface area (Å²) < 4.78 is 27.5. The minimum atomic E-state index is -1.01. The number of rotatable bonds is 3. The van der Waals surface area contributed by atoms with Gasteiger partial charge in [-0.15, -0.1) is 0 Å². The van der Waals surface area contributed by atoms with Crippen molar-refractivity contribution in [3.8, 4) is 0 Å². The summed E-state index contributed by atoms with van der Waals surface area (Å²) >= 11 is 2.92. The highest BCUT2D eigenvalue weighted by molar-refractivity contribution is 9.10. The number of amides is 1. The zero-order chi connectivity index (χ0) is 14.9. The van der Waals surface area contributed by atoms with E-state index in [1.54, 1.807) is 0 Å². The molecule has 0 aromatic heterocycles. The Kier molecular flexibility index (Phi) is 4.37. The Hall–Kier alpha value is -1.50.